The fraction of sp³-hybridized carbons (Fsp3) is 0.632. The third-order valence-corrected chi connectivity index (χ3v) is 4.78. The molecule has 2 aliphatic rings. The third kappa shape index (κ3) is 5.12. The molecule has 0 spiro atoms. The molecule has 2 atom stereocenters. The summed E-state index contributed by atoms with van der Waals surface area (Å²) >= 11 is 0. The van der Waals surface area contributed by atoms with Crippen molar-refractivity contribution in [2.75, 3.05) is 11.9 Å². The Morgan fingerprint density at radius 3 is 2.58 bits per heavy atom. The van der Waals surface area contributed by atoms with Crippen molar-refractivity contribution >= 4 is 24.0 Å². The van der Waals surface area contributed by atoms with Gasteiger partial charge in [-0.15, -0.1) is 12.4 Å². The number of para-hydroxylation sites is 2. The number of halogens is 1. The average Bonchev–Trinajstić information content (AvgIpc) is 2.85. The minimum Gasteiger partial charge on any atom is -0.491 e. The molecular weight excluding hydrogens is 324 g/mol. The fourth-order valence-electron chi connectivity index (χ4n) is 3.76. The zero-order valence-corrected chi connectivity index (χ0v) is 15.4. The molecule has 2 bridgehead atoms. The molecule has 1 amide bonds. The van der Waals surface area contributed by atoms with Gasteiger partial charge in [-0.3, -0.25) is 4.79 Å². The lowest BCUT2D eigenvalue weighted by atomic mass is 9.89. The molecule has 0 saturated carbocycles. The minimum absolute atomic E-state index is 0. The number of ether oxygens (including phenoxy) is 1. The summed E-state index contributed by atoms with van der Waals surface area (Å²) in [5, 5.41) is 6.68. The Hall–Kier alpha value is -1.26. The Morgan fingerprint density at radius 1 is 1.25 bits per heavy atom. The van der Waals surface area contributed by atoms with Crippen molar-refractivity contribution in [3.63, 3.8) is 0 Å². The van der Waals surface area contributed by atoms with Crippen molar-refractivity contribution < 1.29 is 9.53 Å². The highest BCUT2D eigenvalue weighted by molar-refractivity contribution is 5.92. The van der Waals surface area contributed by atoms with Crippen LogP contribution in [0.2, 0.25) is 0 Å². The number of hydrogen-bond acceptors (Lipinski definition) is 3. The predicted molar refractivity (Wildman–Crippen MR) is 99.9 cm³/mol. The lowest BCUT2D eigenvalue weighted by Crippen LogP contribution is -2.39. The number of hydrogen-bond donors (Lipinski definition) is 2. The number of amides is 1. The maximum Gasteiger partial charge on any atom is 0.224 e. The van der Waals surface area contributed by atoms with Gasteiger partial charge in [0.05, 0.1) is 12.3 Å². The Balaban J connectivity index is 0.00000208. The molecule has 0 radical (unpaired) electrons. The highest BCUT2D eigenvalue weighted by Crippen LogP contribution is 2.33. The Morgan fingerprint density at radius 2 is 1.92 bits per heavy atom. The first-order valence-corrected chi connectivity index (χ1v) is 8.88. The summed E-state index contributed by atoms with van der Waals surface area (Å²) in [4.78, 5) is 12.4. The Kier molecular flexibility index (Phi) is 6.93. The SMILES string of the molecule is CC(C)COc1ccccc1NC(=O)CC1CC2CCC(C1)N2.Cl. The van der Waals surface area contributed by atoms with Crippen LogP contribution >= 0.6 is 12.4 Å². The lowest BCUT2D eigenvalue weighted by Gasteiger charge is -2.28. The number of carbonyl (C=O) groups excluding carboxylic acids is 1. The van der Waals surface area contributed by atoms with Gasteiger partial charge in [-0.1, -0.05) is 26.0 Å². The maximum absolute atomic E-state index is 12.4. The van der Waals surface area contributed by atoms with Crippen molar-refractivity contribution in [1.82, 2.24) is 5.32 Å². The number of benzene rings is 1. The molecule has 4 nitrogen and oxygen atoms in total. The minimum atomic E-state index is 0. The lowest BCUT2D eigenvalue weighted by molar-refractivity contribution is -0.117. The number of carbonyl (C=O) groups is 1. The van der Waals surface area contributed by atoms with Crippen LogP contribution in [-0.2, 0) is 4.79 Å². The average molecular weight is 353 g/mol. The predicted octanol–water partition coefficient (Wildman–Crippen LogP) is 4.00. The van der Waals surface area contributed by atoms with Gasteiger partial charge in [0.15, 0.2) is 0 Å². The molecule has 2 heterocycles. The van der Waals surface area contributed by atoms with Gasteiger partial charge < -0.3 is 15.4 Å². The summed E-state index contributed by atoms with van der Waals surface area (Å²) in [6.45, 7) is 4.89. The summed E-state index contributed by atoms with van der Waals surface area (Å²) in [6.07, 6.45) is 5.43. The van der Waals surface area contributed by atoms with E-state index in [1.807, 2.05) is 24.3 Å². The number of nitrogens with one attached hydrogen (secondary N) is 2. The number of rotatable bonds is 6. The van der Waals surface area contributed by atoms with Crippen LogP contribution in [-0.4, -0.2) is 24.6 Å². The van der Waals surface area contributed by atoms with Crippen LogP contribution < -0.4 is 15.4 Å². The standard InChI is InChI=1S/C19H28N2O2.ClH/c1-13(2)12-23-18-6-4-3-5-17(18)21-19(22)11-14-9-15-7-8-16(10-14)20-15;/h3-6,13-16,20H,7-12H2,1-2H3,(H,21,22);1H. The second kappa shape index (κ2) is 8.72. The van der Waals surface area contributed by atoms with E-state index in [9.17, 15) is 4.79 Å². The van der Waals surface area contributed by atoms with Gasteiger partial charge in [0.1, 0.15) is 5.75 Å². The summed E-state index contributed by atoms with van der Waals surface area (Å²) in [7, 11) is 0. The van der Waals surface area contributed by atoms with E-state index >= 15 is 0 Å². The van der Waals surface area contributed by atoms with Crippen LogP contribution in [0.4, 0.5) is 5.69 Å². The maximum atomic E-state index is 12.4. The van der Waals surface area contributed by atoms with E-state index in [-0.39, 0.29) is 18.3 Å². The Bertz CT molecular complexity index is 538. The first kappa shape index (κ1) is 19.1. The van der Waals surface area contributed by atoms with Crippen LogP contribution in [0.15, 0.2) is 24.3 Å². The topological polar surface area (TPSA) is 50.4 Å². The van der Waals surface area contributed by atoms with E-state index in [0.717, 1.165) is 24.3 Å². The fourth-order valence-corrected chi connectivity index (χ4v) is 3.76. The van der Waals surface area contributed by atoms with E-state index in [1.165, 1.54) is 12.8 Å². The first-order chi connectivity index (χ1) is 11.1. The van der Waals surface area contributed by atoms with Gasteiger partial charge in [-0.05, 0) is 49.7 Å². The van der Waals surface area contributed by atoms with Gasteiger partial charge in [-0.2, -0.15) is 0 Å². The van der Waals surface area contributed by atoms with Crippen LogP contribution in [0.3, 0.4) is 0 Å². The second-order valence-corrected chi connectivity index (χ2v) is 7.43. The van der Waals surface area contributed by atoms with Crippen molar-refractivity contribution in [3.8, 4) is 5.75 Å². The van der Waals surface area contributed by atoms with E-state index < -0.39 is 0 Å². The van der Waals surface area contributed by atoms with Crippen LogP contribution in [0, 0.1) is 11.8 Å². The molecule has 2 aliphatic heterocycles. The van der Waals surface area contributed by atoms with Crippen molar-refractivity contribution in [2.45, 2.75) is 58.0 Å². The van der Waals surface area contributed by atoms with Crippen molar-refractivity contribution in [1.29, 1.82) is 0 Å². The van der Waals surface area contributed by atoms with Crippen molar-refractivity contribution in [2.24, 2.45) is 11.8 Å². The zero-order valence-electron chi connectivity index (χ0n) is 14.6. The van der Waals surface area contributed by atoms with E-state index in [1.54, 1.807) is 0 Å². The third-order valence-electron chi connectivity index (χ3n) is 4.78. The highest BCUT2D eigenvalue weighted by Gasteiger charge is 2.34. The second-order valence-electron chi connectivity index (χ2n) is 7.43. The summed E-state index contributed by atoms with van der Waals surface area (Å²) in [5.74, 6) is 1.85. The Labute approximate surface area is 151 Å². The molecular formula is C19H29ClN2O2. The monoisotopic (exact) mass is 352 g/mol. The van der Waals surface area contributed by atoms with Gasteiger partial charge >= 0.3 is 0 Å². The van der Waals surface area contributed by atoms with Crippen LogP contribution in [0.5, 0.6) is 5.75 Å². The molecule has 2 fully saturated rings. The van der Waals surface area contributed by atoms with Crippen LogP contribution in [0.1, 0.15) is 46.0 Å². The largest absolute Gasteiger partial charge is 0.491 e. The van der Waals surface area contributed by atoms with E-state index in [2.05, 4.69) is 24.5 Å². The molecule has 2 N–H and O–H groups in total. The summed E-state index contributed by atoms with van der Waals surface area (Å²) in [6, 6.07) is 8.97. The molecule has 2 unspecified atom stereocenters. The number of fused-ring (bicyclic) bond motifs is 2. The quantitative estimate of drug-likeness (QED) is 0.813. The smallest absolute Gasteiger partial charge is 0.224 e. The molecule has 0 aromatic heterocycles. The summed E-state index contributed by atoms with van der Waals surface area (Å²) in [5.41, 5.74) is 0.787. The molecule has 1 aromatic rings. The van der Waals surface area contributed by atoms with Gasteiger partial charge in [0.2, 0.25) is 5.91 Å². The summed E-state index contributed by atoms with van der Waals surface area (Å²) < 4.78 is 5.81. The first-order valence-electron chi connectivity index (χ1n) is 8.88. The molecule has 2 saturated heterocycles. The molecule has 1 aromatic carbocycles. The number of piperidine rings is 1. The molecule has 3 rings (SSSR count). The number of anilines is 1. The van der Waals surface area contributed by atoms with Gasteiger partial charge in [0, 0.05) is 18.5 Å². The molecule has 134 valence electrons. The van der Waals surface area contributed by atoms with Gasteiger partial charge in [-0.25, -0.2) is 0 Å². The van der Waals surface area contributed by atoms with Crippen molar-refractivity contribution in [3.05, 3.63) is 24.3 Å². The normalized spacial score (nSPS) is 25.2. The molecule has 5 heteroatoms. The van der Waals surface area contributed by atoms with Crippen LogP contribution in [0.25, 0.3) is 0 Å². The van der Waals surface area contributed by atoms with Gasteiger partial charge in [0.25, 0.3) is 0 Å². The van der Waals surface area contributed by atoms with E-state index in [4.69, 9.17) is 4.74 Å². The molecule has 0 aliphatic carbocycles. The van der Waals surface area contributed by atoms with E-state index in [0.29, 0.717) is 36.9 Å². The highest BCUT2D eigenvalue weighted by atomic mass is 35.5. The zero-order chi connectivity index (χ0) is 16.2. The molecule has 24 heavy (non-hydrogen) atoms.